The lowest BCUT2D eigenvalue weighted by atomic mass is 10.2. The van der Waals surface area contributed by atoms with E-state index in [2.05, 4.69) is 5.32 Å². The van der Waals surface area contributed by atoms with Gasteiger partial charge in [0.1, 0.15) is 12.1 Å². The molecule has 0 amide bonds. The van der Waals surface area contributed by atoms with Gasteiger partial charge in [0.2, 0.25) is 0 Å². The van der Waals surface area contributed by atoms with Crippen molar-refractivity contribution in [3.8, 4) is 6.07 Å². The third-order valence-corrected chi connectivity index (χ3v) is 2.27. The normalized spacial score (nSPS) is 10.6. The van der Waals surface area contributed by atoms with Gasteiger partial charge in [0.15, 0.2) is 0 Å². The van der Waals surface area contributed by atoms with Crippen LogP contribution in [0.2, 0.25) is 5.02 Å². The van der Waals surface area contributed by atoms with Crippen LogP contribution in [-0.2, 0) is 9.53 Å². The number of hydrogen-bond acceptors (Lipinski definition) is 4. The highest BCUT2D eigenvalue weighted by atomic mass is 35.5. The predicted octanol–water partition coefficient (Wildman–Crippen LogP) is 2.97. The number of carbonyl (C=O) groups excluding carboxylic acids is 1. The Morgan fingerprint density at radius 2 is 2.17 bits per heavy atom. The zero-order valence-corrected chi connectivity index (χ0v) is 11.3. The van der Waals surface area contributed by atoms with Crippen molar-refractivity contribution in [2.45, 2.75) is 26.4 Å². The summed E-state index contributed by atoms with van der Waals surface area (Å²) in [7, 11) is 0. The van der Waals surface area contributed by atoms with Gasteiger partial charge in [-0.05, 0) is 39.0 Å². The van der Waals surface area contributed by atoms with Crippen molar-refractivity contribution >= 4 is 23.3 Å². The van der Waals surface area contributed by atoms with Gasteiger partial charge in [-0.2, -0.15) is 5.26 Å². The second kappa shape index (κ2) is 5.74. The zero-order valence-electron chi connectivity index (χ0n) is 10.6. The molecule has 0 aliphatic heterocycles. The molecule has 18 heavy (non-hydrogen) atoms. The van der Waals surface area contributed by atoms with Crippen LogP contribution in [0.3, 0.4) is 0 Å². The molecule has 1 aromatic rings. The molecule has 0 atom stereocenters. The largest absolute Gasteiger partial charge is 0.459 e. The Morgan fingerprint density at radius 3 is 2.72 bits per heavy atom. The maximum atomic E-state index is 11.5. The third-order valence-electron chi connectivity index (χ3n) is 1.94. The SMILES string of the molecule is CC(C)(C)OC(=O)CNc1cc(C#N)ccc1Cl. The topological polar surface area (TPSA) is 62.1 Å². The minimum Gasteiger partial charge on any atom is -0.459 e. The molecule has 0 fully saturated rings. The molecule has 1 N–H and O–H groups in total. The first kappa shape index (κ1) is 14.3. The van der Waals surface area contributed by atoms with Gasteiger partial charge in [0, 0.05) is 0 Å². The molecule has 0 unspecified atom stereocenters. The summed E-state index contributed by atoms with van der Waals surface area (Å²) in [4.78, 5) is 11.5. The van der Waals surface area contributed by atoms with Crippen LogP contribution in [0.5, 0.6) is 0 Å². The fourth-order valence-electron chi connectivity index (χ4n) is 1.28. The molecule has 0 heterocycles. The molecule has 0 radical (unpaired) electrons. The van der Waals surface area contributed by atoms with E-state index in [1.807, 2.05) is 6.07 Å². The molecule has 0 aliphatic carbocycles. The predicted molar refractivity (Wildman–Crippen MR) is 70.5 cm³/mol. The van der Waals surface area contributed by atoms with Gasteiger partial charge in [-0.15, -0.1) is 0 Å². The average molecular weight is 267 g/mol. The number of benzene rings is 1. The molecule has 0 spiro atoms. The van der Waals surface area contributed by atoms with E-state index in [9.17, 15) is 4.79 Å². The second-order valence-corrected chi connectivity index (χ2v) is 5.15. The summed E-state index contributed by atoms with van der Waals surface area (Å²) in [5.74, 6) is -0.374. The summed E-state index contributed by atoms with van der Waals surface area (Å²) in [6.07, 6.45) is 0. The number of esters is 1. The Morgan fingerprint density at radius 1 is 1.50 bits per heavy atom. The Bertz CT molecular complexity index is 487. The fourth-order valence-corrected chi connectivity index (χ4v) is 1.46. The van der Waals surface area contributed by atoms with E-state index < -0.39 is 5.60 Å². The molecular formula is C13H15ClN2O2. The number of nitrogens with zero attached hydrogens (tertiary/aromatic N) is 1. The molecule has 0 bridgehead atoms. The van der Waals surface area contributed by atoms with Crippen molar-refractivity contribution in [3.05, 3.63) is 28.8 Å². The number of hydrogen-bond donors (Lipinski definition) is 1. The van der Waals surface area contributed by atoms with E-state index >= 15 is 0 Å². The molecule has 0 aromatic heterocycles. The number of nitrogens with one attached hydrogen (secondary N) is 1. The van der Waals surface area contributed by atoms with E-state index in [1.54, 1.807) is 39.0 Å². The highest BCUT2D eigenvalue weighted by Crippen LogP contribution is 2.22. The van der Waals surface area contributed by atoms with Crippen molar-refractivity contribution in [2.75, 3.05) is 11.9 Å². The van der Waals surface area contributed by atoms with Crippen LogP contribution in [0.4, 0.5) is 5.69 Å². The van der Waals surface area contributed by atoms with E-state index in [1.165, 1.54) is 0 Å². The van der Waals surface area contributed by atoms with Crippen LogP contribution in [-0.4, -0.2) is 18.1 Å². The molecule has 1 aromatic carbocycles. The Labute approximate surface area is 112 Å². The number of nitriles is 1. The standard InChI is InChI=1S/C13H15ClN2O2/c1-13(2,3)18-12(17)8-16-11-6-9(7-15)4-5-10(11)14/h4-6,16H,8H2,1-3H3. The van der Waals surface area contributed by atoms with Crippen LogP contribution in [0.1, 0.15) is 26.3 Å². The first-order valence-electron chi connectivity index (χ1n) is 5.47. The first-order valence-corrected chi connectivity index (χ1v) is 5.85. The summed E-state index contributed by atoms with van der Waals surface area (Å²) in [5, 5.41) is 12.1. The third kappa shape index (κ3) is 4.64. The fraction of sp³-hybridized carbons (Fsp3) is 0.385. The molecule has 0 saturated heterocycles. The summed E-state index contributed by atoms with van der Waals surface area (Å²) >= 11 is 5.95. The minimum absolute atomic E-state index is 0.00583. The van der Waals surface area contributed by atoms with Gasteiger partial charge in [0.25, 0.3) is 0 Å². The number of halogens is 1. The van der Waals surface area contributed by atoms with Crippen LogP contribution < -0.4 is 5.32 Å². The molecule has 0 saturated carbocycles. The van der Waals surface area contributed by atoms with Gasteiger partial charge in [0.05, 0.1) is 22.3 Å². The number of anilines is 1. The summed E-state index contributed by atoms with van der Waals surface area (Å²) in [6, 6.07) is 6.82. The van der Waals surface area contributed by atoms with Crippen molar-refractivity contribution in [3.63, 3.8) is 0 Å². The molecular weight excluding hydrogens is 252 g/mol. The maximum Gasteiger partial charge on any atom is 0.325 e. The lowest BCUT2D eigenvalue weighted by Gasteiger charge is -2.19. The van der Waals surface area contributed by atoms with E-state index in [-0.39, 0.29) is 12.5 Å². The molecule has 96 valence electrons. The van der Waals surface area contributed by atoms with Crippen molar-refractivity contribution in [1.82, 2.24) is 0 Å². The molecule has 4 nitrogen and oxygen atoms in total. The van der Waals surface area contributed by atoms with Gasteiger partial charge >= 0.3 is 5.97 Å². The van der Waals surface area contributed by atoms with Gasteiger partial charge < -0.3 is 10.1 Å². The van der Waals surface area contributed by atoms with E-state index in [0.717, 1.165) is 0 Å². The smallest absolute Gasteiger partial charge is 0.325 e. The number of carbonyl (C=O) groups is 1. The average Bonchev–Trinajstić information content (AvgIpc) is 2.25. The quantitative estimate of drug-likeness (QED) is 0.855. The Hall–Kier alpha value is -1.73. The highest BCUT2D eigenvalue weighted by molar-refractivity contribution is 6.33. The van der Waals surface area contributed by atoms with Crippen LogP contribution >= 0.6 is 11.6 Å². The number of ether oxygens (including phenoxy) is 1. The van der Waals surface area contributed by atoms with Gasteiger partial charge in [-0.25, -0.2) is 0 Å². The Kier molecular flexibility index (Phi) is 4.57. The summed E-state index contributed by atoms with van der Waals surface area (Å²) in [5.41, 5.74) is 0.504. The monoisotopic (exact) mass is 266 g/mol. The number of rotatable bonds is 3. The van der Waals surface area contributed by atoms with Crippen LogP contribution in [0.15, 0.2) is 18.2 Å². The Balaban J connectivity index is 2.64. The summed E-state index contributed by atoms with van der Waals surface area (Å²) < 4.78 is 5.15. The first-order chi connectivity index (χ1) is 8.31. The van der Waals surface area contributed by atoms with Crippen LogP contribution in [0, 0.1) is 11.3 Å². The van der Waals surface area contributed by atoms with E-state index in [4.69, 9.17) is 21.6 Å². The lowest BCUT2D eigenvalue weighted by molar-refractivity contribution is -0.152. The zero-order chi connectivity index (χ0) is 13.8. The molecule has 0 aliphatic rings. The lowest BCUT2D eigenvalue weighted by Crippen LogP contribution is -2.28. The summed E-state index contributed by atoms with van der Waals surface area (Å²) in [6.45, 7) is 5.41. The minimum atomic E-state index is -0.517. The van der Waals surface area contributed by atoms with E-state index in [0.29, 0.717) is 16.3 Å². The van der Waals surface area contributed by atoms with Crippen molar-refractivity contribution < 1.29 is 9.53 Å². The highest BCUT2D eigenvalue weighted by Gasteiger charge is 2.16. The molecule has 1 rings (SSSR count). The van der Waals surface area contributed by atoms with Gasteiger partial charge in [-0.3, -0.25) is 4.79 Å². The second-order valence-electron chi connectivity index (χ2n) is 4.75. The van der Waals surface area contributed by atoms with Gasteiger partial charge in [-0.1, -0.05) is 11.6 Å². The van der Waals surface area contributed by atoms with Crippen molar-refractivity contribution in [2.24, 2.45) is 0 Å². The molecule has 5 heteroatoms. The van der Waals surface area contributed by atoms with Crippen LogP contribution in [0.25, 0.3) is 0 Å². The van der Waals surface area contributed by atoms with Crippen molar-refractivity contribution in [1.29, 1.82) is 5.26 Å². The maximum absolute atomic E-state index is 11.5.